The summed E-state index contributed by atoms with van der Waals surface area (Å²) in [4.78, 5) is 25.8. The summed E-state index contributed by atoms with van der Waals surface area (Å²) in [5.74, 6) is 4.57. The van der Waals surface area contributed by atoms with Crippen LogP contribution in [0.25, 0.3) is 0 Å². The van der Waals surface area contributed by atoms with Crippen molar-refractivity contribution in [1.29, 1.82) is 0 Å². The molecule has 0 amide bonds. The third kappa shape index (κ3) is 2.41. The first kappa shape index (κ1) is 15.4. The van der Waals surface area contributed by atoms with E-state index in [4.69, 9.17) is 22.3 Å². The lowest BCUT2D eigenvalue weighted by atomic mass is 9.83. The van der Waals surface area contributed by atoms with Crippen molar-refractivity contribution in [3.8, 4) is 36.2 Å². The second kappa shape index (κ2) is 6.32. The van der Waals surface area contributed by atoms with E-state index in [1.807, 2.05) is 0 Å². The first-order chi connectivity index (χ1) is 11.7. The lowest BCUT2D eigenvalue weighted by molar-refractivity contribution is 0.0973. The van der Waals surface area contributed by atoms with Gasteiger partial charge < -0.3 is 9.47 Å². The van der Waals surface area contributed by atoms with Crippen LogP contribution in [0, 0.1) is 24.7 Å². The molecule has 0 radical (unpaired) electrons. The van der Waals surface area contributed by atoms with Gasteiger partial charge in [0.1, 0.15) is 24.7 Å². The standard InChI is InChI=1S/C20H12O4/c1-3-11-23-15-9-10-16(24-12-4-2)18-17(15)19(21)13-7-5-6-8-14(13)20(18)22/h1-2,5-10H,11-12H2. The fourth-order valence-electron chi connectivity index (χ4n) is 2.64. The number of terminal acetylenes is 2. The fourth-order valence-corrected chi connectivity index (χ4v) is 2.64. The largest absolute Gasteiger partial charge is 0.480 e. The molecule has 0 fully saturated rings. The minimum atomic E-state index is -0.307. The molecule has 24 heavy (non-hydrogen) atoms. The van der Waals surface area contributed by atoms with Crippen LogP contribution < -0.4 is 9.47 Å². The van der Waals surface area contributed by atoms with Crippen LogP contribution in [0.1, 0.15) is 31.8 Å². The van der Waals surface area contributed by atoms with Gasteiger partial charge in [0.2, 0.25) is 0 Å². The second-order valence-corrected chi connectivity index (χ2v) is 5.00. The number of fused-ring (bicyclic) bond motifs is 2. The van der Waals surface area contributed by atoms with E-state index in [-0.39, 0.29) is 47.4 Å². The van der Waals surface area contributed by atoms with Crippen LogP contribution in [0.2, 0.25) is 0 Å². The van der Waals surface area contributed by atoms with Gasteiger partial charge in [0.05, 0.1) is 11.1 Å². The van der Waals surface area contributed by atoms with E-state index < -0.39 is 0 Å². The molecule has 3 rings (SSSR count). The number of hydrogen-bond acceptors (Lipinski definition) is 4. The highest BCUT2D eigenvalue weighted by atomic mass is 16.5. The average Bonchev–Trinajstić information content (AvgIpc) is 2.62. The molecule has 2 aromatic rings. The maximum absolute atomic E-state index is 12.9. The van der Waals surface area contributed by atoms with Crippen molar-refractivity contribution < 1.29 is 19.1 Å². The maximum Gasteiger partial charge on any atom is 0.198 e. The van der Waals surface area contributed by atoms with Crippen molar-refractivity contribution in [1.82, 2.24) is 0 Å². The van der Waals surface area contributed by atoms with Gasteiger partial charge in [-0.2, -0.15) is 0 Å². The number of ketones is 2. The average molecular weight is 316 g/mol. The molecule has 0 N–H and O–H groups in total. The fraction of sp³-hybridized carbons (Fsp3) is 0.100. The van der Waals surface area contributed by atoms with Crippen molar-refractivity contribution in [2.75, 3.05) is 13.2 Å². The summed E-state index contributed by atoms with van der Waals surface area (Å²) >= 11 is 0. The Labute approximate surface area is 139 Å². The van der Waals surface area contributed by atoms with Crippen molar-refractivity contribution in [3.05, 3.63) is 58.7 Å². The van der Waals surface area contributed by atoms with E-state index in [0.29, 0.717) is 11.1 Å². The van der Waals surface area contributed by atoms with E-state index >= 15 is 0 Å². The Bertz CT molecular complexity index is 850. The van der Waals surface area contributed by atoms with Gasteiger partial charge in [0, 0.05) is 11.1 Å². The predicted molar refractivity (Wildman–Crippen MR) is 88.4 cm³/mol. The molecule has 4 heteroatoms. The topological polar surface area (TPSA) is 52.6 Å². The van der Waals surface area contributed by atoms with Gasteiger partial charge >= 0.3 is 0 Å². The number of carbonyl (C=O) groups is 2. The maximum atomic E-state index is 12.9. The molecule has 0 atom stereocenters. The molecule has 0 spiro atoms. The van der Waals surface area contributed by atoms with Gasteiger partial charge in [-0.05, 0) is 12.1 Å². The number of benzene rings is 2. The Hall–Kier alpha value is -3.50. The third-order valence-corrected chi connectivity index (χ3v) is 3.62. The second-order valence-electron chi connectivity index (χ2n) is 5.00. The zero-order valence-corrected chi connectivity index (χ0v) is 12.7. The summed E-state index contributed by atoms with van der Waals surface area (Å²) in [7, 11) is 0. The minimum absolute atomic E-state index is 0.0138. The van der Waals surface area contributed by atoms with Crippen molar-refractivity contribution in [2.45, 2.75) is 0 Å². The monoisotopic (exact) mass is 316 g/mol. The molecule has 0 unspecified atom stereocenters. The molecule has 0 aliphatic heterocycles. The molecule has 4 nitrogen and oxygen atoms in total. The first-order valence-electron chi connectivity index (χ1n) is 7.17. The van der Waals surface area contributed by atoms with E-state index in [1.54, 1.807) is 36.4 Å². The lowest BCUT2D eigenvalue weighted by Gasteiger charge is -2.22. The normalized spacial score (nSPS) is 11.8. The number of carbonyl (C=O) groups excluding carboxylic acids is 2. The Morgan fingerprint density at radius 1 is 0.750 bits per heavy atom. The van der Waals surface area contributed by atoms with Crippen molar-refractivity contribution >= 4 is 11.6 Å². The third-order valence-electron chi connectivity index (χ3n) is 3.62. The smallest absolute Gasteiger partial charge is 0.198 e. The van der Waals surface area contributed by atoms with E-state index in [1.165, 1.54) is 0 Å². The molecule has 0 heterocycles. The van der Waals surface area contributed by atoms with Crippen LogP contribution in [-0.4, -0.2) is 24.8 Å². The van der Waals surface area contributed by atoms with Crippen LogP contribution in [0.3, 0.4) is 0 Å². The van der Waals surface area contributed by atoms with Crippen LogP contribution in [0.15, 0.2) is 36.4 Å². The number of ether oxygens (including phenoxy) is 2. The van der Waals surface area contributed by atoms with Crippen LogP contribution in [-0.2, 0) is 0 Å². The molecule has 2 aromatic carbocycles. The number of rotatable bonds is 4. The van der Waals surface area contributed by atoms with E-state index in [9.17, 15) is 9.59 Å². The molecule has 1 aliphatic carbocycles. The summed E-state index contributed by atoms with van der Waals surface area (Å²) in [6, 6.07) is 9.74. The van der Waals surface area contributed by atoms with E-state index in [2.05, 4.69) is 11.8 Å². The predicted octanol–water partition coefficient (Wildman–Crippen LogP) is 2.49. The zero-order valence-electron chi connectivity index (χ0n) is 12.7. The molecular weight excluding hydrogens is 304 g/mol. The minimum Gasteiger partial charge on any atom is -0.480 e. The van der Waals surface area contributed by atoms with Gasteiger partial charge in [-0.1, -0.05) is 36.1 Å². The van der Waals surface area contributed by atoms with Crippen molar-refractivity contribution in [3.63, 3.8) is 0 Å². The highest BCUT2D eigenvalue weighted by Crippen LogP contribution is 2.38. The summed E-state index contributed by atoms with van der Waals surface area (Å²) in [5.41, 5.74) is 0.969. The van der Waals surface area contributed by atoms with Gasteiger partial charge in [-0.3, -0.25) is 9.59 Å². The highest BCUT2D eigenvalue weighted by Gasteiger charge is 2.35. The summed E-state index contributed by atoms with van der Waals surface area (Å²) < 4.78 is 10.9. The Morgan fingerprint density at radius 2 is 1.17 bits per heavy atom. The molecule has 0 bridgehead atoms. The Morgan fingerprint density at radius 3 is 1.54 bits per heavy atom. The highest BCUT2D eigenvalue weighted by molar-refractivity contribution is 6.30. The van der Waals surface area contributed by atoms with E-state index in [0.717, 1.165) is 0 Å². The molecule has 1 aliphatic rings. The van der Waals surface area contributed by atoms with Crippen LogP contribution >= 0.6 is 0 Å². The van der Waals surface area contributed by atoms with Gasteiger partial charge in [-0.15, -0.1) is 12.8 Å². The Balaban J connectivity index is 2.23. The molecule has 116 valence electrons. The van der Waals surface area contributed by atoms with Crippen molar-refractivity contribution in [2.24, 2.45) is 0 Å². The molecule has 0 aromatic heterocycles. The Kier molecular flexibility index (Phi) is 4.05. The quantitative estimate of drug-likeness (QED) is 0.694. The van der Waals surface area contributed by atoms with Gasteiger partial charge in [-0.25, -0.2) is 0 Å². The van der Waals surface area contributed by atoms with Crippen LogP contribution in [0.4, 0.5) is 0 Å². The summed E-state index contributed by atoms with van der Waals surface area (Å²) in [6.45, 7) is -0.0275. The first-order valence-corrected chi connectivity index (χ1v) is 7.17. The van der Waals surface area contributed by atoms with Gasteiger partial charge in [0.15, 0.2) is 11.6 Å². The lowest BCUT2D eigenvalue weighted by Crippen LogP contribution is -2.23. The summed E-state index contributed by atoms with van der Waals surface area (Å²) in [6.07, 6.45) is 10.4. The molecule has 0 saturated carbocycles. The molecular formula is C20H12O4. The SMILES string of the molecule is C#CCOc1ccc(OCC#C)c2c1C(=O)c1ccccc1C2=O. The summed E-state index contributed by atoms with van der Waals surface area (Å²) in [5, 5.41) is 0. The number of hydrogen-bond donors (Lipinski definition) is 0. The van der Waals surface area contributed by atoms with Crippen LogP contribution in [0.5, 0.6) is 11.5 Å². The van der Waals surface area contributed by atoms with Gasteiger partial charge in [0.25, 0.3) is 0 Å². The zero-order chi connectivity index (χ0) is 17.1. The molecule has 0 saturated heterocycles.